The maximum absolute atomic E-state index is 6.18. The second kappa shape index (κ2) is 8.81. The van der Waals surface area contributed by atoms with E-state index in [-0.39, 0.29) is 6.10 Å². The van der Waals surface area contributed by atoms with E-state index in [9.17, 15) is 0 Å². The average Bonchev–Trinajstić information content (AvgIpc) is 3.55. The molecule has 1 aliphatic heterocycles. The van der Waals surface area contributed by atoms with Gasteiger partial charge in [-0.3, -0.25) is 0 Å². The molecule has 5 aromatic rings. The van der Waals surface area contributed by atoms with Crippen LogP contribution in [0.5, 0.6) is 5.88 Å². The first-order chi connectivity index (χ1) is 17.2. The number of aryl methyl sites for hydroxylation is 1. The standard InChI is InChI=1S/C27H24N6O2/c1-18-16-32(17-28-18)23-12-11-22(29-27(23)34-2)25-30-26-24(35-14-13-33(26)31-25)21-10-6-9-20(15-21)19-7-4-3-5-8-19/h3-12,15-17,24H,13-14H2,1-2H3. The minimum atomic E-state index is -0.302. The topological polar surface area (TPSA) is 79.9 Å². The molecule has 3 aromatic heterocycles. The maximum Gasteiger partial charge on any atom is 0.238 e. The van der Waals surface area contributed by atoms with Crippen LogP contribution in [0.15, 0.2) is 79.3 Å². The normalized spacial score (nSPS) is 15.1. The lowest BCUT2D eigenvalue weighted by Crippen LogP contribution is -2.23. The number of methoxy groups -OCH3 is 1. The molecule has 0 bridgehead atoms. The number of ether oxygens (including phenoxy) is 2. The van der Waals surface area contributed by atoms with Gasteiger partial charge in [0.15, 0.2) is 11.6 Å². The van der Waals surface area contributed by atoms with Gasteiger partial charge in [0.25, 0.3) is 0 Å². The van der Waals surface area contributed by atoms with Gasteiger partial charge in [0.05, 0.1) is 32.3 Å². The van der Waals surface area contributed by atoms with Crippen LogP contribution in [0.3, 0.4) is 0 Å². The summed E-state index contributed by atoms with van der Waals surface area (Å²) in [5, 5.41) is 4.75. The molecule has 0 fully saturated rings. The Hall–Kier alpha value is -4.30. The van der Waals surface area contributed by atoms with Crippen molar-refractivity contribution in [3.05, 3.63) is 96.3 Å². The van der Waals surface area contributed by atoms with Gasteiger partial charge in [-0.1, -0.05) is 48.5 Å². The van der Waals surface area contributed by atoms with Crippen molar-refractivity contribution >= 4 is 0 Å². The third kappa shape index (κ3) is 3.98. The smallest absolute Gasteiger partial charge is 0.238 e. The van der Waals surface area contributed by atoms with Gasteiger partial charge < -0.3 is 14.0 Å². The highest BCUT2D eigenvalue weighted by atomic mass is 16.5. The molecule has 174 valence electrons. The Morgan fingerprint density at radius 2 is 1.83 bits per heavy atom. The zero-order valence-electron chi connectivity index (χ0n) is 19.5. The van der Waals surface area contributed by atoms with E-state index in [1.807, 2.05) is 52.7 Å². The summed E-state index contributed by atoms with van der Waals surface area (Å²) in [5.41, 5.74) is 5.71. The van der Waals surface area contributed by atoms with E-state index in [1.165, 1.54) is 0 Å². The Kier molecular flexibility index (Phi) is 5.35. The molecule has 1 aliphatic rings. The zero-order valence-corrected chi connectivity index (χ0v) is 19.5. The first kappa shape index (κ1) is 21.2. The number of fused-ring (bicyclic) bond motifs is 1. The van der Waals surface area contributed by atoms with Crippen molar-refractivity contribution in [2.75, 3.05) is 13.7 Å². The number of aromatic nitrogens is 6. The van der Waals surface area contributed by atoms with Crippen molar-refractivity contribution in [2.45, 2.75) is 19.6 Å². The van der Waals surface area contributed by atoms with E-state index in [4.69, 9.17) is 24.5 Å². The Morgan fingerprint density at radius 3 is 2.63 bits per heavy atom. The van der Waals surface area contributed by atoms with E-state index in [2.05, 4.69) is 41.4 Å². The number of rotatable bonds is 5. The zero-order chi connectivity index (χ0) is 23.8. The van der Waals surface area contributed by atoms with Crippen LogP contribution in [0, 0.1) is 6.92 Å². The van der Waals surface area contributed by atoms with E-state index >= 15 is 0 Å². The van der Waals surface area contributed by atoms with Gasteiger partial charge in [-0.05, 0) is 41.8 Å². The molecule has 2 aromatic carbocycles. The summed E-state index contributed by atoms with van der Waals surface area (Å²) >= 11 is 0. The molecular formula is C27H24N6O2. The van der Waals surface area contributed by atoms with E-state index < -0.39 is 0 Å². The van der Waals surface area contributed by atoms with E-state index in [0.717, 1.165) is 33.9 Å². The quantitative estimate of drug-likeness (QED) is 0.377. The molecular weight excluding hydrogens is 440 g/mol. The van der Waals surface area contributed by atoms with Gasteiger partial charge in [0.2, 0.25) is 5.88 Å². The van der Waals surface area contributed by atoms with Crippen molar-refractivity contribution in [3.8, 4) is 34.2 Å². The molecule has 6 rings (SSSR count). The van der Waals surface area contributed by atoms with E-state index in [0.29, 0.717) is 30.5 Å². The highest BCUT2D eigenvalue weighted by Gasteiger charge is 2.28. The molecule has 1 unspecified atom stereocenters. The minimum absolute atomic E-state index is 0.302. The number of hydrogen-bond donors (Lipinski definition) is 0. The lowest BCUT2D eigenvalue weighted by atomic mass is 10.00. The van der Waals surface area contributed by atoms with E-state index in [1.54, 1.807) is 13.4 Å². The Labute approximate surface area is 202 Å². The number of hydrogen-bond acceptors (Lipinski definition) is 6. The molecule has 0 saturated heterocycles. The van der Waals surface area contributed by atoms with Crippen molar-refractivity contribution in [2.24, 2.45) is 0 Å². The predicted octanol–water partition coefficient (Wildman–Crippen LogP) is 4.63. The lowest BCUT2D eigenvalue weighted by molar-refractivity contribution is 0.0390. The van der Waals surface area contributed by atoms with Gasteiger partial charge in [-0.15, -0.1) is 5.10 Å². The first-order valence-corrected chi connectivity index (χ1v) is 11.5. The molecule has 0 amide bonds. The molecule has 0 radical (unpaired) electrons. The third-order valence-electron chi connectivity index (χ3n) is 6.07. The number of imidazole rings is 1. The predicted molar refractivity (Wildman–Crippen MR) is 131 cm³/mol. The summed E-state index contributed by atoms with van der Waals surface area (Å²) in [7, 11) is 1.61. The van der Waals surface area contributed by atoms with Gasteiger partial charge in [0.1, 0.15) is 17.5 Å². The number of benzene rings is 2. The van der Waals surface area contributed by atoms with Gasteiger partial charge in [0, 0.05) is 6.20 Å². The van der Waals surface area contributed by atoms with Crippen LogP contribution in [-0.4, -0.2) is 43.0 Å². The minimum Gasteiger partial charge on any atom is -0.479 e. The third-order valence-corrected chi connectivity index (χ3v) is 6.07. The second-order valence-corrected chi connectivity index (χ2v) is 8.41. The largest absolute Gasteiger partial charge is 0.479 e. The Balaban J connectivity index is 1.35. The summed E-state index contributed by atoms with van der Waals surface area (Å²) < 4.78 is 15.6. The molecule has 1 atom stereocenters. The fraction of sp³-hybridized carbons (Fsp3) is 0.185. The van der Waals surface area contributed by atoms with Crippen molar-refractivity contribution in [1.29, 1.82) is 0 Å². The van der Waals surface area contributed by atoms with Crippen LogP contribution in [0.25, 0.3) is 28.3 Å². The summed E-state index contributed by atoms with van der Waals surface area (Å²) in [6, 6.07) is 22.6. The number of nitrogens with zero attached hydrogens (tertiary/aromatic N) is 6. The summed E-state index contributed by atoms with van der Waals surface area (Å²) in [6.07, 6.45) is 3.37. The molecule has 4 heterocycles. The summed E-state index contributed by atoms with van der Waals surface area (Å²) in [4.78, 5) is 13.8. The highest BCUT2D eigenvalue weighted by Crippen LogP contribution is 2.33. The molecule has 35 heavy (non-hydrogen) atoms. The molecule has 0 aliphatic carbocycles. The van der Waals surface area contributed by atoms with Crippen LogP contribution in [0.1, 0.15) is 23.2 Å². The fourth-order valence-corrected chi connectivity index (χ4v) is 4.37. The van der Waals surface area contributed by atoms with Crippen LogP contribution in [-0.2, 0) is 11.3 Å². The van der Waals surface area contributed by atoms with Gasteiger partial charge in [-0.25, -0.2) is 19.6 Å². The first-order valence-electron chi connectivity index (χ1n) is 11.5. The van der Waals surface area contributed by atoms with Crippen molar-refractivity contribution in [1.82, 2.24) is 29.3 Å². The van der Waals surface area contributed by atoms with Crippen LogP contribution in [0.2, 0.25) is 0 Å². The SMILES string of the molecule is COc1nc(-c2nc3n(n2)CCOC3c2cccc(-c3ccccc3)c2)ccc1-n1cnc(C)c1. The van der Waals surface area contributed by atoms with Crippen LogP contribution < -0.4 is 4.74 Å². The number of pyridine rings is 1. The van der Waals surface area contributed by atoms with Crippen molar-refractivity contribution < 1.29 is 9.47 Å². The van der Waals surface area contributed by atoms with Gasteiger partial charge in [-0.2, -0.15) is 0 Å². The Morgan fingerprint density at radius 1 is 0.971 bits per heavy atom. The summed E-state index contributed by atoms with van der Waals surface area (Å²) in [6.45, 7) is 3.14. The monoisotopic (exact) mass is 464 g/mol. The Bertz CT molecular complexity index is 1490. The highest BCUT2D eigenvalue weighted by molar-refractivity contribution is 5.64. The van der Waals surface area contributed by atoms with Crippen LogP contribution in [0.4, 0.5) is 0 Å². The van der Waals surface area contributed by atoms with Gasteiger partial charge >= 0.3 is 0 Å². The fourth-order valence-electron chi connectivity index (χ4n) is 4.37. The van der Waals surface area contributed by atoms with Crippen LogP contribution >= 0.6 is 0 Å². The molecule has 0 spiro atoms. The average molecular weight is 465 g/mol. The summed E-state index contributed by atoms with van der Waals surface area (Å²) in [5.74, 6) is 1.80. The molecule has 8 nitrogen and oxygen atoms in total. The molecule has 0 saturated carbocycles. The van der Waals surface area contributed by atoms with Crippen molar-refractivity contribution in [3.63, 3.8) is 0 Å². The maximum atomic E-state index is 6.18. The molecule has 0 N–H and O–H groups in total. The second-order valence-electron chi connectivity index (χ2n) is 8.41. The lowest BCUT2D eigenvalue weighted by Gasteiger charge is -2.23. The molecule has 8 heteroatoms.